The summed E-state index contributed by atoms with van der Waals surface area (Å²) < 4.78 is 7.33. The lowest BCUT2D eigenvalue weighted by atomic mass is 9.79. The van der Waals surface area contributed by atoms with E-state index in [1.165, 1.54) is 0 Å². The SMILES string of the molecule is CN(Cc1ccccc1CNC(=O)C1CC(n2cnnc2)C1)C(=O)C[C@H]1CCOC1. The third kappa shape index (κ3) is 4.87. The van der Waals surface area contributed by atoms with Crippen LogP contribution in [0.3, 0.4) is 0 Å². The molecule has 1 aromatic carbocycles. The predicted molar refractivity (Wildman–Crippen MR) is 110 cm³/mol. The molecule has 8 nitrogen and oxygen atoms in total. The van der Waals surface area contributed by atoms with Crippen molar-refractivity contribution in [3.63, 3.8) is 0 Å². The van der Waals surface area contributed by atoms with Crippen molar-refractivity contribution in [3.05, 3.63) is 48.0 Å². The zero-order valence-corrected chi connectivity index (χ0v) is 17.4. The first kappa shape index (κ1) is 20.5. The lowest BCUT2D eigenvalue weighted by Gasteiger charge is -2.34. The summed E-state index contributed by atoms with van der Waals surface area (Å²) >= 11 is 0. The van der Waals surface area contributed by atoms with Crippen LogP contribution < -0.4 is 5.32 Å². The highest BCUT2D eigenvalue weighted by atomic mass is 16.5. The van der Waals surface area contributed by atoms with E-state index < -0.39 is 0 Å². The largest absolute Gasteiger partial charge is 0.381 e. The number of carbonyl (C=O) groups excluding carboxylic acids is 2. The van der Waals surface area contributed by atoms with Gasteiger partial charge in [-0.2, -0.15) is 0 Å². The molecule has 8 heteroatoms. The molecular formula is C22H29N5O3. The molecule has 1 saturated carbocycles. The fourth-order valence-electron chi connectivity index (χ4n) is 4.14. The zero-order valence-electron chi connectivity index (χ0n) is 17.4. The van der Waals surface area contributed by atoms with Crippen molar-refractivity contribution in [2.75, 3.05) is 20.3 Å². The summed E-state index contributed by atoms with van der Waals surface area (Å²) in [5, 5.41) is 10.7. The van der Waals surface area contributed by atoms with E-state index in [0.717, 1.165) is 37.0 Å². The van der Waals surface area contributed by atoms with E-state index in [-0.39, 0.29) is 17.7 Å². The average Bonchev–Trinajstić information content (AvgIpc) is 3.40. The molecule has 1 aromatic heterocycles. The van der Waals surface area contributed by atoms with E-state index >= 15 is 0 Å². The standard InChI is InChI=1S/C22H29N5O3/c1-26(21(28)8-16-6-7-30-13-16)12-18-5-3-2-4-17(18)11-23-22(29)19-9-20(10-19)27-14-24-25-15-27/h2-5,14-16,19-20H,6-13H2,1H3,(H,23,29)/t16-,19?,20?/m1/s1. The fourth-order valence-corrected chi connectivity index (χ4v) is 4.14. The molecule has 1 N–H and O–H groups in total. The minimum absolute atomic E-state index is 0.0300. The van der Waals surface area contributed by atoms with E-state index in [4.69, 9.17) is 4.74 Å². The van der Waals surface area contributed by atoms with Crippen LogP contribution >= 0.6 is 0 Å². The molecule has 1 atom stereocenters. The number of nitrogens with one attached hydrogen (secondary N) is 1. The lowest BCUT2D eigenvalue weighted by Crippen LogP contribution is -2.39. The van der Waals surface area contributed by atoms with Gasteiger partial charge in [0, 0.05) is 51.7 Å². The maximum atomic E-state index is 12.5. The van der Waals surface area contributed by atoms with Crippen molar-refractivity contribution in [1.29, 1.82) is 0 Å². The van der Waals surface area contributed by atoms with Gasteiger partial charge in [-0.25, -0.2) is 0 Å². The van der Waals surface area contributed by atoms with Crippen LogP contribution in [-0.4, -0.2) is 51.7 Å². The predicted octanol–water partition coefficient (Wildman–Crippen LogP) is 1.93. The fraction of sp³-hybridized carbons (Fsp3) is 0.545. The van der Waals surface area contributed by atoms with Gasteiger partial charge in [0.05, 0.1) is 0 Å². The Bertz CT molecular complexity index is 857. The molecule has 0 bridgehead atoms. The van der Waals surface area contributed by atoms with Gasteiger partial charge in [-0.1, -0.05) is 24.3 Å². The van der Waals surface area contributed by atoms with Gasteiger partial charge in [0.15, 0.2) is 0 Å². The molecule has 2 aliphatic rings. The Morgan fingerprint density at radius 1 is 1.20 bits per heavy atom. The minimum atomic E-state index is 0.0300. The molecule has 1 saturated heterocycles. The number of aromatic nitrogens is 3. The summed E-state index contributed by atoms with van der Waals surface area (Å²) in [5.74, 6) is 0.583. The highest BCUT2D eigenvalue weighted by Crippen LogP contribution is 2.37. The Morgan fingerprint density at radius 3 is 2.63 bits per heavy atom. The van der Waals surface area contributed by atoms with E-state index in [1.54, 1.807) is 17.6 Å². The molecule has 2 heterocycles. The summed E-state index contributed by atoms with van der Waals surface area (Å²) in [6.07, 6.45) is 6.52. The quantitative estimate of drug-likeness (QED) is 0.717. The first-order chi connectivity index (χ1) is 14.6. The van der Waals surface area contributed by atoms with Crippen molar-refractivity contribution in [1.82, 2.24) is 25.0 Å². The molecule has 0 spiro atoms. The highest BCUT2D eigenvalue weighted by molar-refractivity contribution is 5.79. The van der Waals surface area contributed by atoms with Gasteiger partial charge >= 0.3 is 0 Å². The highest BCUT2D eigenvalue weighted by Gasteiger charge is 2.35. The third-order valence-electron chi connectivity index (χ3n) is 6.23. The molecule has 1 aliphatic heterocycles. The van der Waals surface area contributed by atoms with Crippen LogP contribution in [0.25, 0.3) is 0 Å². The van der Waals surface area contributed by atoms with Gasteiger partial charge in [-0.05, 0) is 36.3 Å². The number of hydrogen-bond donors (Lipinski definition) is 1. The van der Waals surface area contributed by atoms with Gasteiger partial charge < -0.3 is 19.5 Å². The topological polar surface area (TPSA) is 89.4 Å². The summed E-state index contributed by atoms with van der Waals surface area (Å²) in [6.45, 7) is 2.45. The number of ether oxygens (including phenoxy) is 1. The van der Waals surface area contributed by atoms with Gasteiger partial charge in [0.1, 0.15) is 12.7 Å². The molecule has 30 heavy (non-hydrogen) atoms. The molecule has 2 amide bonds. The van der Waals surface area contributed by atoms with Crippen molar-refractivity contribution in [2.24, 2.45) is 11.8 Å². The van der Waals surface area contributed by atoms with Crippen LogP contribution in [0.2, 0.25) is 0 Å². The zero-order chi connectivity index (χ0) is 20.9. The van der Waals surface area contributed by atoms with Gasteiger partial charge in [0.25, 0.3) is 0 Å². The Labute approximate surface area is 176 Å². The summed E-state index contributed by atoms with van der Waals surface area (Å²) in [4.78, 5) is 26.8. The molecule has 1 aliphatic carbocycles. The van der Waals surface area contributed by atoms with Gasteiger partial charge in [-0.15, -0.1) is 10.2 Å². The van der Waals surface area contributed by atoms with Crippen LogP contribution in [0.4, 0.5) is 0 Å². The number of carbonyl (C=O) groups is 2. The molecule has 4 rings (SSSR count). The number of rotatable bonds is 8. The Balaban J connectivity index is 1.26. The van der Waals surface area contributed by atoms with Crippen LogP contribution in [0.5, 0.6) is 0 Å². The molecule has 0 unspecified atom stereocenters. The van der Waals surface area contributed by atoms with Crippen molar-refractivity contribution in [2.45, 2.75) is 44.8 Å². The Kier molecular flexibility index (Phi) is 6.42. The van der Waals surface area contributed by atoms with Crippen molar-refractivity contribution < 1.29 is 14.3 Å². The first-order valence-corrected chi connectivity index (χ1v) is 10.6. The summed E-state index contributed by atoms with van der Waals surface area (Å²) in [6, 6.07) is 8.29. The first-order valence-electron chi connectivity index (χ1n) is 10.6. The number of benzene rings is 1. The lowest BCUT2D eigenvalue weighted by molar-refractivity contribution is -0.131. The second-order valence-electron chi connectivity index (χ2n) is 8.40. The van der Waals surface area contributed by atoms with Crippen LogP contribution in [0, 0.1) is 11.8 Å². The monoisotopic (exact) mass is 411 g/mol. The van der Waals surface area contributed by atoms with Crippen molar-refractivity contribution in [3.8, 4) is 0 Å². The molecule has 0 radical (unpaired) electrons. The average molecular weight is 412 g/mol. The third-order valence-corrected chi connectivity index (χ3v) is 6.23. The Morgan fingerprint density at radius 2 is 1.93 bits per heavy atom. The molecule has 2 aromatic rings. The van der Waals surface area contributed by atoms with Gasteiger partial charge in [-0.3, -0.25) is 9.59 Å². The number of nitrogens with zero attached hydrogens (tertiary/aromatic N) is 4. The maximum Gasteiger partial charge on any atom is 0.223 e. The van der Waals surface area contributed by atoms with Crippen molar-refractivity contribution >= 4 is 11.8 Å². The molecular weight excluding hydrogens is 382 g/mol. The Hall–Kier alpha value is -2.74. The normalized spacial score (nSPS) is 23.0. The summed E-state index contributed by atoms with van der Waals surface area (Å²) in [7, 11) is 1.84. The maximum absolute atomic E-state index is 12.5. The van der Waals surface area contributed by atoms with E-state index in [2.05, 4.69) is 15.5 Å². The minimum Gasteiger partial charge on any atom is -0.381 e. The number of hydrogen-bond acceptors (Lipinski definition) is 5. The van der Waals surface area contributed by atoms with Crippen LogP contribution in [-0.2, 0) is 27.4 Å². The smallest absolute Gasteiger partial charge is 0.223 e. The summed E-state index contributed by atoms with van der Waals surface area (Å²) in [5.41, 5.74) is 2.11. The number of amides is 2. The van der Waals surface area contributed by atoms with Crippen LogP contribution in [0.1, 0.15) is 42.9 Å². The second kappa shape index (κ2) is 9.38. The molecule has 160 valence electrons. The van der Waals surface area contributed by atoms with E-state index in [9.17, 15) is 9.59 Å². The van der Waals surface area contributed by atoms with Crippen LogP contribution in [0.15, 0.2) is 36.9 Å². The second-order valence-corrected chi connectivity index (χ2v) is 8.40. The van der Waals surface area contributed by atoms with E-state index in [1.807, 2.05) is 35.9 Å². The molecule has 2 fully saturated rings. The van der Waals surface area contributed by atoms with Gasteiger partial charge in [0.2, 0.25) is 11.8 Å². The van der Waals surface area contributed by atoms with E-state index in [0.29, 0.717) is 38.1 Å².